The maximum atomic E-state index is 4.78. The molecule has 0 fully saturated rings. The van der Waals surface area contributed by atoms with Gasteiger partial charge in [0.1, 0.15) is 5.82 Å². The maximum Gasteiger partial charge on any atom is 0.227 e. The van der Waals surface area contributed by atoms with E-state index in [0.717, 1.165) is 42.7 Å². The fourth-order valence-electron chi connectivity index (χ4n) is 3.42. The van der Waals surface area contributed by atoms with Crippen LogP contribution in [-0.4, -0.2) is 30.6 Å². The number of hydrogen-bond acceptors (Lipinski definition) is 5. The molecule has 1 N–H and O–H groups in total. The van der Waals surface area contributed by atoms with Crippen LogP contribution < -0.4 is 15.1 Å². The van der Waals surface area contributed by atoms with Crippen LogP contribution in [0.25, 0.3) is 0 Å². The molecule has 3 aromatic rings. The first-order valence-corrected chi connectivity index (χ1v) is 9.30. The Hall–Kier alpha value is -3.08. The Bertz CT molecular complexity index is 934. The SMILES string of the molecule is Cc1cc(Nc2ccc(N(C)C)cc2)nc(N2CCc3ccccc3C2)n1. The number of nitrogens with zero attached hydrogens (tertiary/aromatic N) is 4. The molecule has 1 aliphatic rings. The highest BCUT2D eigenvalue weighted by molar-refractivity contribution is 5.61. The number of rotatable bonds is 4. The van der Waals surface area contributed by atoms with Crippen LogP contribution in [0.15, 0.2) is 54.6 Å². The molecule has 138 valence electrons. The van der Waals surface area contributed by atoms with Crippen molar-refractivity contribution in [1.29, 1.82) is 0 Å². The van der Waals surface area contributed by atoms with Gasteiger partial charge in [-0.05, 0) is 48.7 Å². The van der Waals surface area contributed by atoms with E-state index in [1.807, 2.05) is 27.1 Å². The van der Waals surface area contributed by atoms with Crippen LogP contribution in [0.3, 0.4) is 0 Å². The summed E-state index contributed by atoms with van der Waals surface area (Å²) in [6, 6.07) is 19.0. The van der Waals surface area contributed by atoms with Gasteiger partial charge in [0, 0.05) is 50.3 Å². The normalized spacial score (nSPS) is 13.2. The van der Waals surface area contributed by atoms with E-state index in [9.17, 15) is 0 Å². The zero-order chi connectivity index (χ0) is 18.8. The average molecular weight is 359 g/mol. The van der Waals surface area contributed by atoms with Crippen LogP contribution in [0.2, 0.25) is 0 Å². The van der Waals surface area contributed by atoms with Crippen LogP contribution in [0, 0.1) is 6.92 Å². The van der Waals surface area contributed by atoms with Crippen molar-refractivity contribution in [2.45, 2.75) is 19.9 Å². The van der Waals surface area contributed by atoms with Crippen LogP contribution in [0.1, 0.15) is 16.8 Å². The van der Waals surface area contributed by atoms with Gasteiger partial charge in [-0.15, -0.1) is 0 Å². The van der Waals surface area contributed by atoms with Gasteiger partial charge in [0.25, 0.3) is 0 Å². The van der Waals surface area contributed by atoms with Gasteiger partial charge in [-0.2, -0.15) is 4.98 Å². The largest absolute Gasteiger partial charge is 0.378 e. The maximum absolute atomic E-state index is 4.78. The second-order valence-electron chi connectivity index (χ2n) is 7.20. The van der Waals surface area contributed by atoms with Crippen LogP contribution in [0.4, 0.5) is 23.1 Å². The van der Waals surface area contributed by atoms with Gasteiger partial charge in [0.05, 0.1) is 0 Å². The molecule has 0 unspecified atom stereocenters. The second-order valence-corrected chi connectivity index (χ2v) is 7.20. The molecule has 0 atom stereocenters. The molecule has 1 aromatic heterocycles. The summed E-state index contributed by atoms with van der Waals surface area (Å²) in [7, 11) is 4.08. The zero-order valence-corrected chi connectivity index (χ0v) is 16.1. The minimum atomic E-state index is 0.789. The van der Waals surface area contributed by atoms with Crippen molar-refractivity contribution in [3.05, 3.63) is 71.4 Å². The Labute approximate surface area is 160 Å². The third-order valence-electron chi connectivity index (χ3n) is 4.91. The summed E-state index contributed by atoms with van der Waals surface area (Å²) in [5.74, 6) is 1.62. The lowest BCUT2D eigenvalue weighted by atomic mass is 10.0. The third-order valence-corrected chi connectivity index (χ3v) is 4.91. The van der Waals surface area contributed by atoms with Crippen LogP contribution in [0.5, 0.6) is 0 Å². The first-order valence-electron chi connectivity index (χ1n) is 9.30. The fraction of sp³-hybridized carbons (Fsp3) is 0.273. The molecule has 0 saturated heterocycles. The summed E-state index contributed by atoms with van der Waals surface area (Å²) < 4.78 is 0. The molecule has 0 aliphatic carbocycles. The van der Waals surface area contributed by atoms with Crippen LogP contribution >= 0.6 is 0 Å². The number of benzene rings is 2. The smallest absolute Gasteiger partial charge is 0.227 e. The molecule has 0 spiro atoms. The number of aryl methyl sites for hydroxylation is 1. The summed E-state index contributed by atoms with van der Waals surface area (Å²) in [6.45, 7) is 3.82. The van der Waals surface area contributed by atoms with Gasteiger partial charge in [0.15, 0.2) is 0 Å². The Kier molecular flexibility index (Phi) is 4.67. The minimum absolute atomic E-state index is 0.789. The molecule has 0 radical (unpaired) electrons. The third kappa shape index (κ3) is 3.87. The van der Waals surface area contributed by atoms with Crippen molar-refractivity contribution in [3.8, 4) is 0 Å². The zero-order valence-electron chi connectivity index (χ0n) is 16.1. The van der Waals surface area contributed by atoms with E-state index in [-0.39, 0.29) is 0 Å². The predicted octanol–water partition coefficient (Wildman–Crippen LogP) is 4.16. The summed E-state index contributed by atoms with van der Waals surface area (Å²) in [5.41, 5.74) is 5.95. The highest BCUT2D eigenvalue weighted by Gasteiger charge is 2.18. The van der Waals surface area contributed by atoms with Gasteiger partial charge in [-0.25, -0.2) is 4.98 Å². The molecular weight excluding hydrogens is 334 g/mol. The first-order chi connectivity index (χ1) is 13.1. The molecule has 0 saturated carbocycles. The summed E-state index contributed by atoms with van der Waals surface area (Å²) in [5, 5.41) is 3.41. The van der Waals surface area contributed by atoms with Gasteiger partial charge in [0.2, 0.25) is 5.95 Å². The van der Waals surface area contributed by atoms with Crippen molar-refractivity contribution < 1.29 is 0 Å². The number of nitrogens with one attached hydrogen (secondary N) is 1. The molecule has 5 heteroatoms. The monoisotopic (exact) mass is 359 g/mol. The number of aromatic nitrogens is 2. The van der Waals surface area contributed by atoms with E-state index in [2.05, 4.69) is 68.6 Å². The van der Waals surface area contributed by atoms with Crippen molar-refractivity contribution in [3.63, 3.8) is 0 Å². The Morgan fingerprint density at radius 1 is 0.963 bits per heavy atom. The topological polar surface area (TPSA) is 44.3 Å². The van der Waals surface area contributed by atoms with E-state index >= 15 is 0 Å². The van der Waals surface area contributed by atoms with Crippen molar-refractivity contribution >= 4 is 23.1 Å². The van der Waals surface area contributed by atoms with Gasteiger partial charge in [-0.3, -0.25) is 0 Å². The average Bonchev–Trinajstić information content (AvgIpc) is 2.67. The Morgan fingerprint density at radius 2 is 1.70 bits per heavy atom. The van der Waals surface area contributed by atoms with Crippen LogP contribution in [-0.2, 0) is 13.0 Å². The lowest BCUT2D eigenvalue weighted by Gasteiger charge is -2.29. The lowest BCUT2D eigenvalue weighted by molar-refractivity contribution is 0.706. The highest BCUT2D eigenvalue weighted by Crippen LogP contribution is 2.25. The van der Waals surface area contributed by atoms with E-state index in [1.165, 1.54) is 16.8 Å². The molecular formula is C22H25N5. The van der Waals surface area contributed by atoms with Crippen molar-refractivity contribution in [2.24, 2.45) is 0 Å². The summed E-state index contributed by atoms with van der Waals surface area (Å²) in [4.78, 5) is 13.8. The van der Waals surface area contributed by atoms with Gasteiger partial charge in [-0.1, -0.05) is 24.3 Å². The van der Waals surface area contributed by atoms with E-state index in [0.29, 0.717) is 0 Å². The number of anilines is 4. The molecule has 0 amide bonds. The Morgan fingerprint density at radius 3 is 2.44 bits per heavy atom. The molecule has 4 rings (SSSR count). The standard InChI is InChI=1S/C22H25N5/c1-16-14-21(24-19-8-10-20(11-9-19)26(2)3)25-22(23-16)27-13-12-17-6-4-5-7-18(17)15-27/h4-11,14H,12-13,15H2,1-3H3,(H,23,24,25). The molecule has 0 bridgehead atoms. The summed E-state index contributed by atoms with van der Waals surface area (Å²) >= 11 is 0. The molecule has 2 aromatic carbocycles. The van der Waals surface area contributed by atoms with Crippen molar-refractivity contribution in [1.82, 2.24) is 9.97 Å². The highest BCUT2D eigenvalue weighted by atomic mass is 15.3. The van der Waals surface area contributed by atoms with Gasteiger partial charge < -0.3 is 15.1 Å². The minimum Gasteiger partial charge on any atom is -0.378 e. The quantitative estimate of drug-likeness (QED) is 0.758. The second kappa shape index (κ2) is 7.27. The fourth-order valence-corrected chi connectivity index (χ4v) is 3.42. The molecule has 27 heavy (non-hydrogen) atoms. The first kappa shape index (κ1) is 17.3. The van der Waals surface area contributed by atoms with E-state index < -0.39 is 0 Å². The number of fused-ring (bicyclic) bond motifs is 1. The molecule has 5 nitrogen and oxygen atoms in total. The summed E-state index contributed by atoms with van der Waals surface area (Å²) in [6.07, 6.45) is 1.03. The molecule has 2 heterocycles. The lowest BCUT2D eigenvalue weighted by Crippen LogP contribution is -2.32. The Balaban J connectivity index is 1.55. The number of hydrogen-bond donors (Lipinski definition) is 1. The predicted molar refractivity (Wildman–Crippen MR) is 112 cm³/mol. The van der Waals surface area contributed by atoms with E-state index in [4.69, 9.17) is 4.98 Å². The van der Waals surface area contributed by atoms with E-state index in [1.54, 1.807) is 0 Å². The van der Waals surface area contributed by atoms with Gasteiger partial charge >= 0.3 is 0 Å². The molecule has 1 aliphatic heterocycles. The van der Waals surface area contributed by atoms with Crippen molar-refractivity contribution in [2.75, 3.05) is 35.8 Å².